The fourth-order valence-electron chi connectivity index (χ4n) is 1.90. The number of hydrogen-bond acceptors (Lipinski definition) is 3. The van der Waals surface area contributed by atoms with Gasteiger partial charge in [0.15, 0.2) is 0 Å². The fourth-order valence-corrected chi connectivity index (χ4v) is 1.90. The lowest BCUT2D eigenvalue weighted by atomic mass is 10.1. The van der Waals surface area contributed by atoms with E-state index in [1.165, 1.54) is 13.2 Å². The zero-order chi connectivity index (χ0) is 13.3. The molecule has 0 radical (unpaired) electrons. The molecule has 2 rings (SSSR count). The van der Waals surface area contributed by atoms with Crippen LogP contribution < -0.4 is 4.74 Å². The molecule has 0 aliphatic carbocycles. The summed E-state index contributed by atoms with van der Waals surface area (Å²) in [6.07, 6.45) is 0. The lowest BCUT2D eigenvalue weighted by Crippen LogP contribution is -2.00. The summed E-state index contributed by atoms with van der Waals surface area (Å²) < 4.78 is 6.99. The van der Waals surface area contributed by atoms with E-state index in [0.717, 1.165) is 17.0 Å². The van der Waals surface area contributed by atoms with E-state index in [9.17, 15) is 4.79 Å². The van der Waals surface area contributed by atoms with Gasteiger partial charge in [-0.25, -0.2) is 4.79 Å². The molecule has 0 atom stereocenters. The van der Waals surface area contributed by atoms with E-state index in [1.807, 2.05) is 20.0 Å². The zero-order valence-electron chi connectivity index (χ0n) is 10.5. The number of aromatic carboxylic acids is 1. The highest BCUT2D eigenvalue weighted by Gasteiger charge is 2.13. The largest absolute Gasteiger partial charge is 0.496 e. The first-order valence-corrected chi connectivity index (χ1v) is 5.45. The van der Waals surface area contributed by atoms with Gasteiger partial charge in [0.25, 0.3) is 0 Å². The topological polar surface area (TPSA) is 64.3 Å². The van der Waals surface area contributed by atoms with Gasteiger partial charge in [-0.1, -0.05) is 0 Å². The molecule has 2 aromatic rings. The van der Waals surface area contributed by atoms with E-state index in [1.54, 1.807) is 16.8 Å². The Morgan fingerprint density at radius 3 is 2.61 bits per heavy atom. The molecule has 1 heterocycles. The summed E-state index contributed by atoms with van der Waals surface area (Å²) in [6.45, 7) is 1.90. The van der Waals surface area contributed by atoms with Crippen LogP contribution in [0.5, 0.6) is 5.75 Å². The van der Waals surface area contributed by atoms with Crippen molar-refractivity contribution in [2.45, 2.75) is 6.92 Å². The molecule has 0 aliphatic rings. The Labute approximate surface area is 105 Å². The van der Waals surface area contributed by atoms with Gasteiger partial charge in [0.1, 0.15) is 5.75 Å². The van der Waals surface area contributed by atoms with E-state index >= 15 is 0 Å². The third kappa shape index (κ3) is 2.07. The van der Waals surface area contributed by atoms with Crippen molar-refractivity contribution in [2.75, 3.05) is 7.11 Å². The molecule has 5 nitrogen and oxygen atoms in total. The minimum Gasteiger partial charge on any atom is -0.496 e. The molecule has 94 valence electrons. The van der Waals surface area contributed by atoms with Crippen LogP contribution in [0.4, 0.5) is 0 Å². The fraction of sp³-hybridized carbons (Fsp3) is 0.231. The molecule has 0 amide bonds. The van der Waals surface area contributed by atoms with Crippen LogP contribution in [-0.2, 0) is 7.05 Å². The van der Waals surface area contributed by atoms with Crippen LogP contribution in [0.2, 0.25) is 0 Å². The number of carbonyl (C=O) groups is 1. The normalized spacial score (nSPS) is 10.4. The average molecular weight is 246 g/mol. The first-order valence-electron chi connectivity index (χ1n) is 5.45. The molecule has 0 fully saturated rings. The third-order valence-electron chi connectivity index (χ3n) is 2.73. The molecule has 18 heavy (non-hydrogen) atoms. The Kier molecular flexibility index (Phi) is 3.06. The predicted octanol–water partition coefficient (Wildman–Crippen LogP) is 2.10. The number of methoxy groups -OCH3 is 1. The summed E-state index contributed by atoms with van der Waals surface area (Å²) in [5, 5.41) is 13.2. The predicted molar refractivity (Wildman–Crippen MR) is 66.9 cm³/mol. The smallest absolute Gasteiger partial charge is 0.335 e. The van der Waals surface area contributed by atoms with Crippen LogP contribution >= 0.6 is 0 Å². The van der Waals surface area contributed by atoms with E-state index in [4.69, 9.17) is 9.84 Å². The Bertz CT molecular complexity index is 602. The van der Waals surface area contributed by atoms with Gasteiger partial charge in [-0.2, -0.15) is 5.10 Å². The van der Waals surface area contributed by atoms with Crippen molar-refractivity contribution in [2.24, 2.45) is 7.05 Å². The van der Waals surface area contributed by atoms with Gasteiger partial charge in [-0.05, 0) is 31.2 Å². The van der Waals surface area contributed by atoms with Crippen molar-refractivity contribution < 1.29 is 14.6 Å². The highest BCUT2D eigenvalue weighted by Crippen LogP contribution is 2.31. The van der Waals surface area contributed by atoms with Crippen molar-refractivity contribution in [3.63, 3.8) is 0 Å². The molecule has 0 saturated carbocycles. The minimum absolute atomic E-state index is 0.203. The average Bonchev–Trinajstić information content (AvgIpc) is 2.67. The summed E-state index contributed by atoms with van der Waals surface area (Å²) in [7, 11) is 3.36. The molecule has 1 aromatic heterocycles. The quantitative estimate of drug-likeness (QED) is 0.900. The SMILES string of the molecule is COc1cc(C(=O)O)ccc1-c1cc(C)nn1C. The van der Waals surface area contributed by atoms with Crippen LogP contribution in [0.25, 0.3) is 11.3 Å². The van der Waals surface area contributed by atoms with Crippen molar-refractivity contribution in [3.8, 4) is 17.0 Å². The Balaban J connectivity index is 2.58. The molecule has 1 aromatic carbocycles. The van der Waals surface area contributed by atoms with E-state index < -0.39 is 5.97 Å². The second kappa shape index (κ2) is 4.52. The molecule has 0 bridgehead atoms. The number of ether oxygens (including phenoxy) is 1. The first kappa shape index (κ1) is 12.2. The highest BCUT2D eigenvalue weighted by molar-refractivity contribution is 5.89. The van der Waals surface area contributed by atoms with E-state index in [2.05, 4.69) is 5.10 Å². The van der Waals surface area contributed by atoms with Crippen LogP contribution in [0.3, 0.4) is 0 Å². The minimum atomic E-state index is -0.971. The molecular weight excluding hydrogens is 232 g/mol. The summed E-state index contributed by atoms with van der Waals surface area (Å²) in [4.78, 5) is 10.9. The summed E-state index contributed by atoms with van der Waals surface area (Å²) >= 11 is 0. The lowest BCUT2D eigenvalue weighted by Gasteiger charge is -2.09. The third-order valence-corrected chi connectivity index (χ3v) is 2.73. The number of carboxylic acid groups (broad SMARTS) is 1. The molecule has 0 unspecified atom stereocenters. The molecule has 0 aliphatic heterocycles. The Morgan fingerprint density at radius 2 is 2.11 bits per heavy atom. The first-order chi connectivity index (χ1) is 8.52. The number of carboxylic acids is 1. The van der Waals surface area contributed by atoms with Gasteiger partial charge in [-0.15, -0.1) is 0 Å². The number of nitrogens with zero attached hydrogens (tertiary/aromatic N) is 2. The number of rotatable bonds is 3. The van der Waals surface area contributed by atoms with Gasteiger partial charge in [0.05, 0.1) is 24.1 Å². The standard InChI is InChI=1S/C13H14N2O3/c1-8-6-11(15(2)14-8)10-5-4-9(13(16)17)7-12(10)18-3/h4-7H,1-3H3,(H,16,17). The van der Waals surface area contributed by atoms with Crippen LogP contribution in [0, 0.1) is 6.92 Å². The van der Waals surface area contributed by atoms with Gasteiger partial charge < -0.3 is 9.84 Å². The van der Waals surface area contributed by atoms with Crippen LogP contribution in [-0.4, -0.2) is 28.0 Å². The second-order valence-corrected chi connectivity index (χ2v) is 4.01. The van der Waals surface area contributed by atoms with E-state index in [-0.39, 0.29) is 5.56 Å². The number of aryl methyl sites for hydroxylation is 2. The van der Waals surface area contributed by atoms with Crippen molar-refractivity contribution in [3.05, 3.63) is 35.5 Å². The number of benzene rings is 1. The van der Waals surface area contributed by atoms with Crippen LogP contribution in [0.15, 0.2) is 24.3 Å². The second-order valence-electron chi connectivity index (χ2n) is 4.01. The van der Waals surface area contributed by atoms with Gasteiger partial charge in [0, 0.05) is 12.6 Å². The highest BCUT2D eigenvalue weighted by atomic mass is 16.5. The number of hydrogen-bond donors (Lipinski definition) is 1. The lowest BCUT2D eigenvalue weighted by molar-refractivity contribution is 0.0696. The monoisotopic (exact) mass is 246 g/mol. The number of aromatic nitrogens is 2. The molecule has 5 heteroatoms. The maximum Gasteiger partial charge on any atom is 0.335 e. The molecule has 0 saturated heterocycles. The summed E-state index contributed by atoms with van der Waals surface area (Å²) in [5.41, 5.74) is 2.82. The van der Waals surface area contributed by atoms with Gasteiger partial charge >= 0.3 is 5.97 Å². The maximum absolute atomic E-state index is 10.9. The Hall–Kier alpha value is -2.30. The van der Waals surface area contributed by atoms with Crippen molar-refractivity contribution in [1.82, 2.24) is 9.78 Å². The van der Waals surface area contributed by atoms with Crippen molar-refractivity contribution >= 4 is 5.97 Å². The summed E-state index contributed by atoms with van der Waals surface area (Å²) in [5.74, 6) is -0.445. The maximum atomic E-state index is 10.9. The molecule has 0 spiro atoms. The zero-order valence-corrected chi connectivity index (χ0v) is 10.5. The molecule has 1 N–H and O–H groups in total. The van der Waals surface area contributed by atoms with Gasteiger partial charge in [0.2, 0.25) is 0 Å². The van der Waals surface area contributed by atoms with E-state index in [0.29, 0.717) is 5.75 Å². The Morgan fingerprint density at radius 1 is 1.39 bits per heavy atom. The summed E-state index contributed by atoms with van der Waals surface area (Å²) in [6, 6.07) is 6.74. The molecular formula is C13H14N2O3. The van der Waals surface area contributed by atoms with Crippen LogP contribution in [0.1, 0.15) is 16.1 Å². The van der Waals surface area contributed by atoms with Crippen molar-refractivity contribution in [1.29, 1.82) is 0 Å². The van der Waals surface area contributed by atoms with Gasteiger partial charge in [-0.3, -0.25) is 4.68 Å².